The number of nitrogens with zero attached hydrogens (tertiary/aromatic N) is 3. The van der Waals surface area contributed by atoms with E-state index in [0.717, 1.165) is 37.8 Å². The number of nitrogens with one attached hydrogen (secondary N) is 1. The Morgan fingerprint density at radius 3 is 2.83 bits per heavy atom. The summed E-state index contributed by atoms with van der Waals surface area (Å²) in [7, 11) is 0. The van der Waals surface area contributed by atoms with Crippen molar-refractivity contribution in [2.75, 3.05) is 19.6 Å². The molecule has 2 atom stereocenters. The molecule has 0 bridgehead atoms. The molecule has 1 aromatic rings. The Morgan fingerprint density at radius 2 is 2.22 bits per heavy atom. The van der Waals surface area contributed by atoms with Gasteiger partial charge >= 0.3 is 0 Å². The third-order valence-electron chi connectivity index (χ3n) is 3.76. The van der Waals surface area contributed by atoms with E-state index in [1.54, 1.807) is 0 Å². The van der Waals surface area contributed by atoms with E-state index < -0.39 is 0 Å². The maximum Gasteiger partial charge on any atom is 0.227 e. The van der Waals surface area contributed by atoms with Crippen LogP contribution in [0.15, 0.2) is 4.52 Å². The van der Waals surface area contributed by atoms with Gasteiger partial charge in [0, 0.05) is 38.1 Å². The molecule has 5 heteroatoms. The fourth-order valence-corrected chi connectivity index (χ4v) is 2.56. The molecule has 2 unspecified atom stereocenters. The summed E-state index contributed by atoms with van der Waals surface area (Å²) >= 11 is 0. The van der Waals surface area contributed by atoms with Crippen LogP contribution in [0.5, 0.6) is 0 Å². The smallest absolute Gasteiger partial charge is 0.227 e. The standard InChI is InChI=1S/C13H24N4O/c1-4-11-9-17(12(5-2)8-14-11)7-6-13-15-10(3)16-18-13/h11-12,14H,4-9H2,1-3H3. The summed E-state index contributed by atoms with van der Waals surface area (Å²) in [5.41, 5.74) is 0. The minimum Gasteiger partial charge on any atom is -0.339 e. The second-order valence-electron chi connectivity index (χ2n) is 5.06. The molecule has 1 saturated heterocycles. The minimum atomic E-state index is 0.622. The van der Waals surface area contributed by atoms with Crippen molar-refractivity contribution in [3.63, 3.8) is 0 Å². The lowest BCUT2D eigenvalue weighted by Crippen LogP contribution is -2.56. The number of piperazine rings is 1. The molecule has 102 valence electrons. The average Bonchev–Trinajstić information content (AvgIpc) is 2.81. The van der Waals surface area contributed by atoms with Crippen LogP contribution in [0.25, 0.3) is 0 Å². The SMILES string of the molecule is CCC1CN(CCc2nc(C)no2)C(CC)CN1. The fourth-order valence-electron chi connectivity index (χ4n) is 2.56. The predicted molar refractivity (Wildman–Crippen MR) is 70.5 cm³/mol. The highest BCUT2D eigenvalue weighted by atomic mass is 16.5. The lowest BCUT2D eigenvalue weighted by molar-refractivity contribution is 0.123. The number of aromatic nitrogens is 2. The van der Waals surface area contributed by atoms with Gasteiger partial charge in [-0.2, -0.15) is 4.98 Å². The van der Waals surface area contributed by atoms with Gasteiger partial charge in [-0.3, -0.25) is 4.90 Å². The first-order valence-corrected chi connectivity index (χ1v) is 6.99. The number of hydrogen-bond acceptors (Lipinski definition) is 5. The van der Waals surface area contributed by atoms with Gasteiger partial charge in [-0.05, 0) is 19.8 Å². The summed E-state index contributed by atoms with van der Waals surface area (Å²) < 4.78 is 5.17. The first-order valence-electron chi connectivity index (χ1n) is 6.99. The fraction of sp³-hybridized carbons (Fsp3) is 0.846. The second kappa shape index (κ2) is 6.29. The largest absolute Gasteiger partial charge is 0.339 e. The molecule has 0 radical (unpaired) electrons. The Kier molecular flexibility index (Phi) is 4.72. The van der Waals surface area contributed by atoms with Gasteiger partial charge in [0.15, 0.2) is 5.82 Å². The van der Waals surface area contributed by atoms with E-state index in [4.69, 9.17) is 4.52 Å². The Hall–Kier alpha value is -0.940. The third kappa shape index (κ3) is 3.29. The topological polar surface area (TPSA) is 54.2 Å². The Bertz CT molecular complexity index is 366. The van der Waals surface area contributed by atoms with Crippen molar-refractivity contribution in [3.05, 3.63) is 11.7 Å². The molecular formula is C13H24N4O. The quantitative estimate of drug-likeness (QED) is 0.858. The van der Waals surface area contributed by atoms with Crippen molar-refractivity contribution in [2.45, 2.75) is 52.1 Å². The lowest BCUT2D eigenvalue weighted by Gasteiger charge is -2.39. The van der Waals surface area contributed by atoms with Crippen LogP contribution in [0.2, 0.25) is 0 Å². The highest BCUT2D eigenvalue weighted by Crippen LogP contribution is 2.13. The van der Waals surface area contributed by atoms with E-state index in [2.05, 4.69) is 34.2 Å². The molecule has 0 aliphatic carbocycles. The van der Waals surface area contributed by atoms with Crippen molar-refractivity contribution >= 4 is 0 Å². The second-order valence-corrected chi connectivity index (χ2v) is 5.06. The average molecular weight is 252 g/mol. The summed E-state index contributed by atoms with van der Waals surface area (Å²) in [6.45, 7) is 9.59. The van der Waals surface area contributed by atoms with Crippen LogP contribution in [-0.2, 0) is 6.42 Å². The number of rotatable bonds is 5. The van der Waals surface area contributed by atoms with Crippen LogP contribution >= 0.6 is 0 Å². The van der Waals surface area contributed by atoms with E-state index in [1.807, 2.05) is 6.92 Å². The van der Waals surface area contributed by atoms with Gasteiger partial charge in [-0.15, -0.1) is 0 Å². The zero-order valence-corrected chi connectivity index (χ0v) is 11.6. The maximum atomic E-state index is 5.17. The molecule has 5 nitrogen and oxygen atoms in total. The van der Waals surface area contributed by atoms with E-state index >= 15 is 0 Å². The monoisotopic (exact) mass is 252 g/mol. The maximum absolute atomic E-state index is 5.17. The number of aryl methyl sites for hydroxylation is 1. The molecule has 1 N–H and O–H groups in total. The Balaban J connectivity index is 1.88. The van der Waals surface area contributed by atoms with Gasteiger partial charge in [0.2, 0.25) is 5.89 Å². The van der Waals surface area contributed by atoms with Crippen LogP contribution in [0.1, 0.15) is 38.4 Å². The molecule has 0 aromatic carbocycles. The van der Waals surface area contributed by atoms with Gasteiger partial charge in [0.1, 0.15) is 0 Å². The molecule has 1 aliphatic rings. The molecule has 1 fully saturated rings. The minimum absolute atomic E-state index is 0.622. The normalized spacial score (nSPS) is 25.5. The molecule has 18 heavy (non-hydrogen) atoms. The summed E-state index contributed by atoms with van der Waals surface area (Å²) in [6, 6.07) is 1.26. The van der Waals surface area contributed by atoms with Gasteiger partial charge in [0.05, 0.1) is 0 Å². The molecule has 0 spiro atoms. The zero-order valence-electron chi connectivity index (χ0n) is 11.6. The first-order chi connectivity index (χ1) is 8.72. The van der Waals surface area contributed by atoms with Crippen LogP contribution in [0.4, 0.5) is 0 Å². The van der Waals surface area contributed by atoms with E-state index in [0.29, 0.717) is 12.1 Å². The molecule has 0 saturated carbocycles. The van der Waals surface area contributed by atoms with Gasteiger partial charge in [0.25, 0.3) is 0 Å². The van der Waals surface area contributed by atoms with Crippen molar-refractivity contribution in [2.24, 2.45) is 0 Å². The molecule has 1 aromatic heterocycles. The zero-order chi connectivity index (χ0) is 13.0. The van der Waals surface area contributed by atoms with Crippen LogP contribution in [0.3, 0.4) is 0 Å². The summed E-state index contributed by atoms with van der Waals surface area (Å²) in [5, 5.41) is 7.44. The van der Waals surface area contributed by atoms with E-state index in [1.165, 1.54) is 12.8 Å². The van der Waals surface area contributed by atoms with Crippen LogP contribution < -0.4 is 5.32 Å². The van der Waals surface area contributed by atoms with Crippen LogP contribution in [-0.4, -0.2) is 46.8 Å². The molecule has 0 amide bonds. The highest BCUT2D eigenvalue weighted by molar-refractivity contribution is 4.88. The highest BCUT2D eigenvalue weighted by Gasteiger charge is 2.25. The molecular weight excluding hydrogens is 228 g/mol. The van der Waals surface area contributed by atoms with Gasteiger partial charge < -0.3 is 9.84 Å². The van der Waals surface area contributed by atoms with Gasteiger partial charge in [-0.25, -0.2) is 0 Å². The van der Waals surface area contributed by atoms with Crippen molar-refractivity contribution in [3.8, 4) is 0 Å². The molecule has 2 heterocycles. The predicted octanol–water partition coefficient (Wildman–Crippen LogP) is 1.38. The molecule has 2 rings (SSSR count). The first kappa shape index (κ1) is 13.5. The van der Waals surface area contributed by atoms with Gasteiger partial charge in [-0.1, -0.05) is 19.0 Å². The van der Waals surface area contributed by atoms with Crippen molar-refractivity contribution < 1.29 is 4.52 Å². The summed E-state index contributed by atoms with van der Waals surface area (Å²) in [5.74, 6) is 1.48. The van der Waals surface area contributed by atoms with E-state index in [-0.39, 0.29) is 0 Å². The lowest BCUT2D eigenvalue weighted by atomic mass is 10.0. The Labute approximate surface area is 109 Å². The summed E-state index contributed by atoms with van der Waals surface area (Å²) in [4.78, 5) is 6.82. The van der Waals surface area contributed by atoms with Crippen molar-refractivity contribution in [1.82, 2.24) is 20.4 Å². The Morgan fingerprint density at radius 1 is 1.39 bits per heavy atom. The third-order valence-corrected chi connectivity index (χ3v) is 3.76. The summed E-state index contributed by atoms with van der Waals surface area (Å²) in [6.07, 6.45) is 3.23. The number of hydrogen-bond donors (Lipinski definition) is 1. The molecule has 1 aliphatic heterocycles. The van der Waals surface area contributed by atoms with Crippen LogP contribution in [0, 0.1) is 6.92 Å². The van der Waals surface area contributed by atoms with E-state index in [9.17, 15) is 0 Å². The van der Waals surface area contributed by atoms with Crippen molar-refractivity contribution in [1.29, 1.82) is 0 Å².